The molecule has 0 bridgehead atoms. The molecule has 2 amide bonds. The highest BCUT2D eigenvalue weighted by atomic mass is 16.2. The van der Waals surface area contributed by atoms with E-state index in [-0.39, 0.29) is 17.6 Å². The first-order chi connectivity index (χ1) is 11.6. The van der Waals surface area contributed by atoms with Crippen molar-refractivity contribution in [1.82, 2.24) is 10.2 Å². The van der Waals surface area contributed by atoms with Crippen LogP contribution in [0.15, 0.2) is 54.6 Å². The highest BCUT2D eigenvalue weighted by Gasteiger charge is 2.29. The Morgan fingerprint density at radius 3 is 2.21 bits per heavy atom. The molecular formula is C19H18N2O3. The van der Waals surface area contributed by atoms with Gasteiger partial charge in [-0.05, 0) is 19.1 Å². The zero-order chi connectivity index (χ0) is 17.1. The smallest absolute Gasteiger partial charge is 0.254 e. The molecule has 1 heterocycles. The van der Waals surface area contributed by atoms with Gasteiger partial charge in [0.25, 0.3) is 5.91 Å². The van der Waals surface area contributed by atoms with Crippen molar-refractivity contribution in [3.8, 4) is 0 Å². The van der Waals surface area contributed by atoms with Crippen molar-refractivity contribution >= 4 is 17.6 Å². The fraction of sp³-hybridized carbons (Fsp3) is 0.211. The molecule has 0 radical (unpaired) electrons. The number of amides is 2. The summed E-state index contributed by atoms with van der Waals surface area (Å²) in [6, 6.07) is 15.1. The van der Waals surface area contributed by atoms with E-state index in [4.69, 9.17) is 0 Å². The fourth-order valence-electron chi connectivity index (χ4n) is 2.75. The van der Waals surface area contributed by atoms with Gasteiger partial charge in [-0.1, -0.05) is 42.5 Å². The Hall–Kier alpha value is -2.95. The lowest BCUT2D eigenvalue weighted by molar-refractivity contribution is -0.127. The van der Waals surface area contributed by atoms with Gasteiger partial charge < -0.3 is 10.2 Å². The van der Waals surface area contributed by atoms with E-state index in [1.165, 1.54) is 0 Å². The van der Waals surface area contributed by atoms with Gasteiger partial charge in [0, 0.05) is 29.8 Å². The van der Waals surface area contributed by atoms with Gasteiger partial charge in [0.2, 0.25) is 5.91 Å². The number of nitrogens with zero attached hydrogens (tertiary/aromatic N) is 1. The molecule has 0 aliphatic carbocycles. The van der Waals surface area contributed by atoms with Gasteiger partial charge in [-0.3, -0.25) is 14.4 Å². The van der Waals surface area contributed by atoms with Crippen LogP contribution in [0.4, 0.5) is 0 Å². The van der Waals surface area contributed by atoms with Gasteiger partial charge in [-0.25, -0.2) is 0 Å². The first-order valence-electron chi connectivity index (χ1n) is 7.86. The number of benzene rings is 2. The van der Waals surface area contributed by atoms with Crippen molar-refractivity contribution in [1.29, 1.82) is 0 Å². The number of carbonyl (C=O) groups excluding carboxylic acids is 3. The fourth-order valence-corrected chi connectivity index (χ4v) is 2.75. The Morgan fingerprint density at radius 2 is 1.54 bits per heavy atom. The molecule has 0 saturated carbocycles. The third-order valence-electron chi connectivity index (χ3n) is 4.19. The number of rotatable bonds is 3. The van der Waals surface area contributed by atoms with E-state index in [1.54, 1.807) is 48.2 Å². The summed E-state index contributed by atoms with van der Waals surface area (Å²) in [5.74, 6) is -0.429. The molecule has 3 rings (SSSR count). The Kier molecular flexibility index (Phi) is 4.42. The predicted octanol–water partition coefficient (Wildman–Crippen LogP) is 1.88. The van der Waals surface area contributed by atoms with Gasteiger partial charge in [0.15, 0.2) is 5.78 Å². The summed E-state index contributed by atoms with van der Waals surface area (Å²) in [5, 5.41) is 2.73. The second kappa shape index (κ2) is 6.66. The molecule has 1 saturated heterocycles. The largest absolute Gasteiger partial charge is 0.353 e. The van der Waals surface area contributed by atoms with Gasteiger partial charge in [0.05, 0.1) is 0 Å². The van der Waals surface area contributed by atoms with Crippen molar-refractivity contribution < 1.29 is 14.4 Å². The van der Waals surface area contributed by atoms with Crippen molar-refractivity contribution in [2.45, 2.75) is 13.0 Å². The molecule has 2 aromatic carbocycles. The van der Waals surface area contributed by atoms with Crippen LogP contribution in [0, 0.1) is 0 Å². The third-order valence-corrected chi connectivity index (χ3v) is 4.19. The highest BCUT2D eigenvalue weighted by Crippen LogP contribution is 2.14. The topological polar surface area (TPSA) is 66.5 Å². The molecule has 5 nitrogen and oxygen atoms in total. The molecule has 1 atom stereocenters. The molecule has 122 valence electrons. The van der Waals surface area contributed by atoms with Crippen molar-refractivity contribution in [2.75, 3.05) is 13.1 Å². The second-order valence-electron chi connectivity index (χ2n) is 5.74. The second-order valence-corrected chi connectivity index (χ2v) is 5.74. The minimum absolute atomic E-state index is 0.0830. The lowest BCUT2D eigenvalue weighted by atomic mass is 10.0. The lowest BCUT2D eigenvalue weighted by Gasteiger charge is -2.32. The number of hydrogen-bond acceptors (Lipinski definition) is 3. The van der Waals surface area contributed by atoms with E-state index >= 15 is 0 Å². The normalized spacial score (nSPS) is 17.3. The van der Waals surface area contributed by atoms with E-state index in [0.29, 0.717) is 29.8 Å². The van der Waals surface area contributed by atoms with Crippen LogP contribution in [0.3, 0.4) is 0 Å². The van der Waals surface area contributed by atoms with Crippen LogP contribution in [0.1, 0.15) is 33.2 Å². The molecule has 24 heavy (non-hydrogen) atoms. The minimum atomic E-state index is -0.489. The first-order valence-corrected chi connectivity index (χ1v) is 7.86. The summed E-state index contributed by atoms with van der Waals surface area (Å²) < 4.78 is 0. The summed E-state index contributed by atoms with van der Waals surface area (Å²) >= 11 is 0. The number of ketones is 1. The van der Waals surface area contributed by atoms with E-state index in [2.05, 4.69) is 5.32 Å². The van der Waals surface area contributed by atoms with Crippen LogP contribution >= 0.6 is 0 Å². The molecular weight excluding hydrogens is 304 g/mol. The maximum absolute atomic E-state index is 12.6. The van der Waals surface area contributed by atoms with E-state index in [9.17, 15) is 14.4 Å². The molecule has 1 fully saturated rings. The molecule has 0 aromatic heterocycles. The van der Waals surface area contributed by atoms with Crippen LogP contribution in [0.2, 0.25) is 0 Å². The summed E-state index contributed by atoms with van der Waals surface area (Å²) in [4.78, 5) is 38.2. The third kappa shape index (κ3) is 3.06. The van der Waals surface area contributed by atoms with Gasteiger partial charge >= 0.3 is 0 Å². The Bertz CT molecular complexity index is 769. The number of hydrogen-bond donors (Lipinski definition) is 1. The Labute approximate surface area is 140 Å². The summed E-state index contributed by atoms with van der Waals surface area (Å²) in [6.07, 6.45) is 0. The Morgan fingerprint density at radius 1 is 0.958 bits per heavy atom. The van der Waals surface area contributed by atoms with Crippen LogP contribution in [-0.4, -0.2) is 41.6 Å². The maximum atomic E-state index is 12.6. The van der Waals surface area contributed by atoms with Gasteiger partial charge in [0.1, 0.15) is 6.04 Å². The van der Waals surface area contributed by atoms with Crippen LogP contribution in [0.25, 0.3) is 0 Å². The molecule has 1 aliphatic rings. The average molecular weight is 322 g/mol. The zero-order valence-corrected chi connectivity index (χ0v) is 13.4. The standard InChI is InChI=1S/C19H18N2O3/c1-13-18(23)20-11-12-21(13)19(24)16-9-7-15(8-10-16)17(22)14-5-3-2-4-6-14/h2-10,13H,11-12H2,1H3,(H,20,23)/t13-/m0/s1. The maximum Gasteiger partial charge on any atom is 0.254 e. The van der Waals surface area contributed by atoms with Crippen molar-refractivity contribution in [2.24, 2.45) is 0 Å². The number of carbonyl (C=O) groups is 3. The van der Waals surface area contributed by atoms with E-state index in [1.807, 2.05) is 18.2 Å². The minimum Gasteiger partial charge on any atom is -0.353 e. The van der Waals surface area contributed by atoms with Gasteiger partial charge in [-0.15, -0.1) is 0 Å². The molecule has 1 aliphatic heterocycles. The van der Waals surface area contributed by atoms with Gasteiger partial charge in [-0.2, -0.15) is 0 Å². The zero-order valence-electron chi connectivity index (χ0n) is 13.4. The quantitative estimate of drug-likeness (QED) is 0.878. The molecule has 0 spiro atoms. The summed E-state index contributed by atoms with van der Waals surface area (Å²) in [7, 11) is 0. The number of nitrogens with one attached hydrogen (secondary N) is 1. The first kappa shape index (κ1) is 15.9. The monoisotopic (exact) mass is 322 g/mol. The lowest BCUT2D eigenvalue weighted by Crippen LogP contribution is -2.55. The number of piperazine rings is 1. The van der Waals surface area contributed by atoms with E-state index in [0.717, 1.165) is 0 Å². The van der Waals surface area contributed by atoms with Crippen LogP contribution < -0.4 is 5.32 Å². The summed E-state index contributed by atoms with van der Waals surface area (Å²) in [6.45, 7) is 2.65. The summed E-state index contributed by atoms with van der Waals surface area (Å²) in [5.41, 5.74) is 1.61. The molecule has 2 aromatic rings. The van der Waals surface area contributed by atoms with Crippen molar-refractivity contribution in [3.63, 3.8) is 0 Å². The average Bonchev–Trinajstić information content (AvgIpc) is 2.64. The Balaban J connectivity index is 1.78. The van der Waals surface area contributed by atoms with E-state index < -0.39 is 6.04 Å². The van der Waals surface area contributed by atoms with Crippen LogP contribution in [-0.2, 0) is 4.79 Å². The van der Waals surface area contributed by atoms with Crippen LogP contribution in [0.5, 0.6) is 0 Å². The SMILES string of the molecule is C[C@H]1C(=O)NCCN1C(=O)c1ccc(C(=O)c2ccccc2)cc1. The predicted molar refractivity (Wildman–Crippen MR) is 89.8 cm³/mol. The van der Waals surface area contributed by atoms with Crippen molar-refractivity contribution in [3.05, 3.63) is 71.3 Å². The highest BCUT2D eigenvalue weighted by molar-refractivity contribution is 6.09. The molecule has 1 N–H and O–H groups in total. The molecule has 0 unspecified atom stereocenters. The molecule has 5 heteroatoms.